The number of halogens is 3. The van der Waals surface area contributed by atoms with Crippen molar-refractivity contribution >= 4 is 5.69 Å². The van der Waals surface area contributed by atoms with E-state index in [1.165, 1.54) is 6.07 Å². The van der Waals surface area contributed by atoms with Crippen LogP contribution in [0.2, 0.25) is 0 Å². The van der Waals surface area contributed by atoms with Gasteiger partial charge >= 0.3 is 17.6 Å². The van der Waals surface area contributed by atoms with Crippen molar-refractivity contribution in [2.75, 3.05) is 0 Å². The monoisotopic (exact) mass is 263 g/mol. The van der Waals surface area contributed by atoms with Crippen molar-refractivity contribution in [2.45, 2.75) is 12.8 Å². The molecule has 1 N–H and O–H groups in total. The Kier molecular flexibility index (Phi) is 3.55. The third-order valence-electron chi connectivity index (χ3n) is 1.74. The van der Waals surface area contributed by atoms with Crippen LogP contribution < -0.4 is 10.3 Å². The van der Waals surface area contributed by atoms with Crippen molar-refractivity contribution < 1.29 is 22.8 Å². The van der Waals surface area contributed by atoms with Crippen molar-refractivity contribution in [3.63, 3.8) is 0 Å². The minimum atomic E-state index is -5.09. The average Bonchev–Trinajstić information content (AvgIpc) is 2.19. The molecule has 0 fully saturated rings. The first-order valence-electron chi connectivity index (χ1n) is 4.28. The molecular weight excluding hydrogens is 259 g/mol. The quantitative estimate of drug-likeness (QED) is 0.651. The van der Waals surface area contributed by atoms with Gasteiger partial charge < -0.3 is 9.72 Å². The predicted molar refractivity (Wildman–Crippen MR) is 49.7 cm³/mol. The molecule has 7 nitrogen and oxygen atoms in total. The van der Waals surface area contributed by atoms with Crippen molar-refractivity contribution in [1.29, 1.82) is 5.26 Å². The van der Waals surface area contributed by atoms with Gasteiger partial charge in [-0.05, 0) is 0 Å². The summed E-state index contributed by atoms with van der Waals surface area (Å²) in [6.07, 6.45) is -5.67. The molecule has 0 bridgehead atoms. The first-order valence-corrected chi connectivity index (χ1v) is 4.28. The minimum Gasteiger partial charge on any atom is -0.404 e. The lowest BCUT2D eigenvalue weighted by atomic mass is 10.2. The summed E-state index contributed by atoms with van der Waals surface area (Å²) < 4.78 is 39.6. The van der Waals surface area contributed by atoms with E-state index in [9.17, 15) is 28.1 Å². The lowest BCUT2D eigenvalue weighted by Gasteiger charge is -2.11. The Bertz CT molecular complexity index is 572. The molecule has 1 aromatic heterocycles. The van der Waals surface area contributed by atoms with Gasteiger partial charge in [0.1, 0.15) is 0 Å². The highest BCUT2D eigenvalue weighted by atomic mass is 19.4. The summed E-state index contributed by atoms with van der Waals surface area (Å²) in [4.78, 5) is 22.2. The highest BCUT2D eigenvalue weighted by Gasteiger charge is 2.33. The molecule has 0 saturated heterocycles. The van der Waals surface area contributed by atoms with E-state index in [0.29, 0.717) is 6.07 Å². The van der Waals surface area contributed by atoms with Gasteiger partial charge in [0, 0.05) is 0 Å². The maximum absolute atomic E-state index is 12.0. The van der Waals surface area contributed by atoms with Crippen molar-refractivity contribution in [3.05, 3.63) is 32.2 Å². The van der Waals surface area contributed by atoms with Gasteiger partial charge in [-0.2, -0.15) is 5.26 Å². The minimum absolute atomic E-state index is 0.332. The maximum atomic E-state index is 12.0. The van der Waals surface area contributed by atoms with E-state index in [4.69, 9.17) is 5.26 Å². The SMILES string of the molecule is N#CCc1[nH]c(=O)c([N+](=O)[O-])cc1OC(F)(F)F. The molecule has 0 amide bonds. The Labute approximate surface area is 96.6 Å². The van der Waals surface area contributed by atoms with Crippen LogP contribution in [0, 0.1) is 21.4 Å². The summed E-state index contributed by atoms with van der Waals surface area (Å²) in [5, 5.41) is 18.8. The number of hydrogen-bond acceptors (Lipinski definition) is 5. The van der Waals surface area contributed by atoms with Gasteiger partial charge in [-0.3, -0.25) is 14.9 Å². The van der Waals surface area contributed by atoms with Crippen LogP contribution in [-0.2, 0) is 6.42 Å². The number of ether oxygens (including phenoxy) is 1. The van der Waals surface area contributed by atoms with Gasteiger partial charge in [-0.15, -0.1) is 13.2 Å². The number of nitrogens with one attached hydrogen (secondary N) is 1. The van der Waals surface area contributed by atoms with E-state index in [-0.39, 0.29) is 0 Å². The van der Waals surface area contributed by atoms with Crippen LogP contribution in [0.5, 0.6) is 5.75 Å². The summed E-state index contributed by atoms with van der Waals surface area (Å²) in [5.41, 5.74) is -2.79. The summed E-state index contributed by atoms with van der Waals surface area (Å²) in [6.45, 7) is 0. The molecule has 96 valence electrons. The van der Waals surface area contributed by atoms with E-state index in [1.54, 1.807) is 4.98 Å². The molecule has 10 heteroatoms. The Morgan fingerprint density at radius 2 is 2.17 bits per heavy atom. The zero-order valence-electron chi connectivity index (χ0n) is 8.45. The number of aromatic amines is 1. The van der Waals surface area contributed by atoms with E-state index in [1.807, 2.05) is 0 Å². The van der Waals surface area contributed by atoms with Gasteiger partial charge in [0.15, 0.2) is 5.75 Å². The molecule has 0 atom stereocenters. The van der Waals surface area contributed by atoms with Crippen LogP contribution in [0.3, 0.4) is 0 Å². The van der Waals surface area contributed by atoms with Gasteiger partial charge in [-0.1, -0.05) is 0 Å². The number of alkyl halides is 3. The van der Waals surface area contributed by atoms with E-state index >= 15 is 0 Å². The van der Waals surface area contributed by atoms with Gasteiger partial charge in [0.25, 0.3) is 0 Å². The molecule has 0 unspecified atom stereocenters. The Morgan fingerprint density at radius 1 is 1.56 bits per heavy atom. The number of H-pyrrole nitrogens is 1. The van der Waals surface area contributed by atoms with Crippen LogP contribution in [0.25, 0.3) is 0 Å². The molecule has 1 aromatic rings. The lowest BCUT2D eigenvalue weighted by molar-refractivity contribution is -0.386. The largest absolute Gasteiger partial charge is 0.573 e. The number of nitriles is 1. The highest BCUT2D eigenvalue weighted by molar-refractivity contribution is 5.40. The number of aromatic nitrogens is 1. The van der Waals surface area contributed by atoms with E-state index in [0.717, 1.165) is 0 Å². The summed E-state index contributed by atoms with van der Waals surface area (Å²) >= 11 is 0. The van der Waals surface area contributed by atoms with Crippen LogP contribution >= 0.6 is 0 Å². The molecule has 0 saturated carbocycles. The van der Waals surface area contributed by atoms with Crippen molar-refractivity contribution in [3.8, 4) is 11.8 Å². The number of nitro groups is 1. The second-order valence-electron chi connectivity index (χ2n) is 2.97. The van der Waals surface area contributed by atoms with Crippen LogP contribution in [0.4, 0.5) is 18.9 Å². The number of hydrogen-bond donors (Lipinski definition) is 1. The predicted octanol–water partition coefficient (Wildman–Crippen LogP) is 1.25. The number of pyridine rings is 1. The Balaban J connectivity index is 3.36. The Hall–Kier alpha value is -2.57. The summed E-state index contributed by atoms with van der Waals surface area (Å²) in [5.74, 6) is -0.977. The van der Waals surface area contributed by atoms with E-state index in [2.05, 4.69) is 4.74 Å². The van der Waals surface area contributed by atoms with Gasteiger partial charge in [0.2, 0.25) is 0 Å². The smallest absolute Gasteiger partial charge is 0.404 e. The molecule has 0 aliphatic heterocycles. The molecule has 18 heavy (non-hydrogen) atoms. The molecule has 0 radical (unpaired) electrons. The lowest BCUT2D eigenvalue weighted by Crippen LogP contribution is -2.21. The molecule has 0 spiro atoms. The average molecular weight is 263 g/mol. The molecular formula is C8H4F3N3O4. The molecule has 0 aromatic carbocycles. The second kappa shape index (κ2) is 4.74. The Morgan fingerprint density at radius 3 is 2.61 bits per heavy atom. The van der Waals surface area contributed by atoms with Crippen molar-refractivity contribution in [2.24, 2.45) is 0 Å². The van der Waals surface area contributed by atoms with Gasteiger partial charge in [-0.25, -0.2) is 0 Å². The van der Waals surface area contributed by atoms with Gasteiger partial charge in [0.05, 0.1) is 29.2 Å². The molecule has 1 heterocycles. The fraction of sp³-hybridized carbons (Fsp3) is 0.250. The van der Waals surface area contributed by atoms with Crippen LogP contribution in [0.1, 0.15) is 5.69 Å². The summed E-state index contributed by atoms with van der Waals surface area (Å²) in [6, 6.07) is 1.83. The first-order chi connectivity index (χ1) is 8.24. The summed E-state index contributed by atoms with van der Waals surface area (Å²) in [7, 11) is 0. The van der Waals surface area contributed by atoms with E-state index < -0.39 is 40.4 Å². The zero-order valence-corrected chi connectivity index (χ0v) is 8.45. The second-order valence-corrected chi connectivity index (χ2v) is 2.97. The third kappa shape index (κ3) is 3.21. The fourth-order valence-corrected chi connectivity index (χ4v) is 1.10. The highest BCUT2D eigenvalue weighted by Crippen LogP contribution is 2.27. The number of nitrogens with zero attached hydrogens (tertiary/aromatic N) is 2. The first kappa shape index (κ1) is 13.5. The maximum Gasteiger partial charge on any atom is 0.573 e. The molecule has 0 aliphatic rings. The normalized spacial score (nSPS) is 10.8. The van der Waals surface area contributed by atoms with Crippen LogP contribution in [0.15, 0.2) is 10.9 Å². The molecule has 1 rings (SSSR count). The topological polar surface area (TPSA) is 109 Å². The number of rotatable bonds is 3. The zero-order chi connectivity index (χ0) is 13.9. The fourth-order valence-electron chi connectivity index (χ4n) is 1.10. The van der Waals surface area contributed by atoms with Crippen molar-refractivity contribution in [1.82, 2.24) is 4.98 Å². The third-order valence-corrected chi connectivity index (χ3v) is 1.74. The standard InChI is InChI=1S/C8H4F3N3O4/c9-8(10,11)18-6-3-5(14(16)17)7(15)13-4(6)1-2-12/h3H,1H2,(H,13,15). The molecule has 0 aliphatic carbocycles. The van der Waals surface area contributed by atoms with Crippen LogP contribution in [-0.4, -0.2) is 16.3 Å².